The second-order valence-electron chi connectivity index (χ2n) is 5.21. The van der Waals surface area contributed by atoms with Crippen LogP contribution in [0.5, 0.6) is 0 Å². The lowest BCUT2D eigenvalue weighted by Gasteiger charge is -2.34. The summed E-state index contributed by atoms with van der Waals surface area (Å²) in [7, 11) is 0. The van der Waals surface area contributed by atoms with Crippen LogP contribution in [0.15, 0.2) is 28.9 Å². The largest absolute Gasteiger partial charge is 0.360 e. The van der Waals surface area contributed by atoms with Crippen molar-refractivity contribution in [2.75, 3.05) is 31.1 Å². The molecule has 1 saturated heterocycles. The van der Waals surface area contributed by atoms with Crippen molar-refractivity contribution in [1.82, 2.24) is 15.0 Å². The second-order valence-corrected chi connectivity index (χ2v) is 5.21. The maximum atomic E-state index is 8.95. The number of rotatable bonds is 3. The van der Waals surface area contributed by atoms with Gasteiger partial charge in [-0.2, -0.15) is 5.26 Å². The number of nitriles is 1. The highest BCUT2D eigenvalue weighted by Gasteiger charge is 2.19. The molecule has 3 heterocycles. The Labute approximate surface area is 123 Å². The van der Waals surface area contributed by atoms with Crippen molar-refractivity contribution in [2.24, 2.45) is 0 Å². The second kappa shape index (κ2) is 5.94. The number of hydrogen-bond donors (Lipinski definition) is 0. The van der Waals surface area contributed by atoms with E-state index in [0.717, 1.165) is 50.0 Å². The van der Waals surface area contributed by atoms with Gasteiger partial charge in [-0.3, -0.25) is 4.90 Å². The van der Waals surface area contributed by atoms with Crippen molar-refractivity contribution in [1.29, 1.82) is 5.26 Å². The molecule has 0 amide bonds. The van der Waals surface area contributed by atoms with Gasteiger partial charge < -0.3 is 9.42 Å². The summed E-state index contributed by atoms with van der Waals surface area (Å²) in [5, 5.41) is 12.9. The molecule has 0 N–H and O–H groups in total. The van der Waals surface area contributed by atoms with Crippen molar-refractivity contribution in [3.8, 4) is 6.07 Å². The molecule has 1 fully saturated rings. The predicted molar refractivity (Wildman–Crippen MR) is 77.7 cm³/mol. The molecule has 2 aromatic rings. The van der Waals surface area contributed by atoms with Gasteiger partial charge in [-0.1, -0.05) is 5.16 Å². The molecule has 0 aliphatic carbocycles. The molecule has 3 rings (SSSR count). The number of piperazine rings is 1. The van der Waals surface area contributed by atoms with Crippen molar-refractivity contribution in [2.45, 2.75) is 13.5 Å². The molecule has 21 heavy (non-hydrogen) atoms. The van der Waals surface area contributed by atoms with Crippen molar-refractivity contribution in [3.63, 3.8) is 0 Å². The maximum absolute atomic E-state index is 8.95. The first-order chi connectivity index (χ1) is 10.2. The van der Waals surface area contributed by atoms with Crippen molar-refractivity contribution >= 4 is 5.82 Å². The molecule has 108 valence electrons. The van der Waals surface area contributed by atoms with Crippen molar-refractivity contribution < 1.29 is 4.52 Å². The van der Waals surface area contributed by atoms with Gasteiger partial charge in [-0.15, -0.1) is 0 Å². The van der Waals surface area contributed by atoms with Crippen LogP contribution in [0.25, 0.3) is 0 Å². The topological polar surface area (TPSA) is 69.2 Å². The molecule has 6 heteroatoms. The van der Waals surface area contributed by atoms with E-state index < -0.39 is 0 Å². The van der Waals surface area contributed by atoms with E-state index in [2.05, 4.69) is 26.0 Å². The Kier molecular flexibility index (Phi) is 3.84. The monoisotopic (exact) mass is 283 g/mol. The number of aromatic nitrogens is 2. The summed E-state index contributed by atoms with van der Waals surface area (Å²) in [6.45, 7) is 6.40. The number of nitrogens with zero attached hydrogens (tertiary/aromatic N) is 5. The minimum Gasteiger partial charge on any atom is -0.360 e. The van der Waals surface area contributed by atoms with Crippen LogP contribution >= 0.6 is 0 Å². The lowest BCUT2D eigenvalue weighted by Crippen LogP contribution is -2.46. The van der Waals surface area contributed by atoms with Gasteiger partial charge in [0.05, 0.1) is 23.9 Å². The fourth-order valence-electron chi connectivity index (χ4n) is 2.51. The molecule has 1 aliphatic rings. The molecular formula is C15H17N5O. The lowest BCUT2D eigenvalue weighted by molar-refractivity contribution is 0.219. The Bertz CT molecular complexity index is 652. The first-order valence-electron chi connectivity index (χ1n) is 7.00. The minimum atomic E-state index is 0.652. The molecule has 0 bridgehead atoms. The van der Waals surface area contributed by atoms with Gasteiger partial charge in [0.2, 0.25) is 0 Å². The van der Waals surface area contributed by atoms with Crippen LogP contribution < -0.4 is 4.90 Å². The molecule has 0 radical (unpaired) electrons. The Morgan fingerprint density at radius 3 is 2.76 bits per heavy atom. The molecule has 0 atom stereocenters. The lowest BCUT2D eigenvalue weighted by atomic mass is 10.2. The van der Waals surface area contributed by atoms with E-state index >= 15 is 0 Å². The molecule has 0 unspecified atom stereocenters. The number of hydrogen-bond acceptors (Lipinski definition) is 6. The van der Waals surface area contributed by atoms with Gasteiger partial charge in [0.15, 0.2) is 5.76 Å². The molecule has 0 spiro atoms. The highest BCUT2D eigenvalue weighted by atomic mass is 16.5. The van der Waals surface area contributed by atoms with E-state index in [1.165, 1.54) is 0 Å². The zero-order valence-electron chi connectivity index (χ0n) is 12.0. The Morgan fingerprint density at radius 2 is 2.10 bits per heavy atom. The summed E-state index contributed by atoms with van der Waals surface area (Å²) in [6.07, 6.45) is 1.69. The van der Waals surface area contributed by atoms with E-state index in [0.29, 0.717) is 5.56 Å². The average Bonchev–Trinajstić information content (AvgIpc) is 2.93. The van der Waals surface area contributed by atoms with Gasteiger partial charge >= 0.3 is 0 Å². The molecule has 0 aromatic carbocycles. The predicted octanol–water partition coefficient (Wildman–Crippen LogP) is 1.57. The smallest absolute Gasteiger partial charge is 0.150 e. The third-order valence-electron chi connectivity index (χ3n) is 3.63. The van der Waals surface area contributed by atoms with E-state index in [-0.39, 0.29) is 0 Å². The Morgan fingerprint density at radius 1 is 1.29 bits per heavy atom. The van der Waals surface area contributed by atoms with Gasteiger partial charge in [0.25, 0.3) is 0 Å². The van der Waals surface area contributed by atoms with Crippen LogP contribution in [0.4, 0.5) is 5.82 Å². The number of anilines is 1. The van der Waals surface area contributed by atoms with E-state index in [4.69, 9.17) is 9.78 Å². The van der Waals surface area contributed by atoms with Crippen LogP contribution in [0.2, 0.25) is 0 Å². The quantitative estimate of drug-likeness (QED) is 0.851. The summed E-state index contributed by atoms with van der Waals surface area (Å²) in [6, 6.07) is 7.70. The van der Waals surface area contributed by atoms with Gasteiger partial charge in [-0.25, -0.2) is 4.98 Å². The van der Waals surface area contributed by atoms with Crippen LogP contribution in [-0.2, 0) is 6.54 Å². The van der Waals surface area contributed by atoms with E-state index in [1.54, 1.807) is 12.3 Å². The van der Waals surface area contributed by atoms with Gasteiger partial charge in [-0.05, 0) is 19.1 Å². The normalized spacial score (nSPS) is 15.9. The molecule has 2 aromatic heterocycles. The van der Waals surface area contributed by atoms with Crippen LogP contribution in [0.1, 0.15) is 17.0 Å². The van der Waals surface area contributed by atoms with Gasteiger partial charge in [0.1, 0.15) is 5.82 Å². The summed E-state index contributed by atoms with van der Waals surface area (Å²) < 4.78 is 5.26. The highest BCUT2D eigenvalue weighted by molar-refractivity contribution is 5.45. The van der Waals surface area contributed by atoms with Crippen LogP contribution in [-0.4, -0.2) is 41.2 Å². The molecular weight excluding hydrogens is 266 g/mol. The zero-order chi connectivity index (χ0) is 14.7. The average molecular weight is 283 g/mol. The Balaban J connectivity index is 1.58. The van der Waals surface area contributed by atoms with E-state index in [9.17, 15) is 0 Å². The Hall–Kier alpha value is -2.39. The maximum Gasteiger partial charge on any atom is 0.150 e. The number of pyridine rings is 1. The molecule has 6 nitrogen and oxygen atoms in total. The standard InChI is InChI=1S/C15H17N5O/c1-12-8-14(21-18-12)11-19-4-6-20(7-5-19)15-9-13(10-16)2-3-17-15/h2-3,8-9H,4-7,11H2,1H3. The third kappa shape index (κ3) is 3.20. The first kappa shape index (κ1) is 13.6. The van der Waals surface area contributed by atoms with E-state index in [1.807, 2.05) is 19.1 Å². The summed E-state index contributed by atoms with van der Waals surface area (Å²) in [5.74, 6) is 1.79. The molecule has 1 aliphatic heterocycles. The summed E-state index contributed by atoms with van der Waals surface area (Å²) in [4.78, 5) is 8.90. The van der Waals surface area contributed by atoms with Crippen LogP contribution in [0.3, 0.4) is 0 Å². The van der Waals surface area contributed by atoms with Crippen LogP contribution in [0, 0.1) is 18.3 Å². The van der Waals surface area contributed by atoms with Crippen molar-refractivity contribution in [3.05, 3.63) is 41.4 Å². The minimum absolute atomic E-state index is 0.652. The first-order valence-corrected chi connectivity index (χ1v) is 7.00. The van der Waals surface area contributed by atoms with Gasteiger partial charge in [0, 0.05) is 38.4 Å². The summed E-state index contributed by atoms with van der Waals surface area (Å²) in [5.41, 5.74) is 1.57. The highest BCUT2D eigenvalue weighted by Crippen LogP contribution is 2.16. The molecule has 0 saturated carbocycles. The SMILES string of the molecule is Cc1cc(CN2CCN(c3cc(C#N)ccn3)CC2)on1. The zero-order valence-corrected chi connectivity index (χ0v) is 12.0. The summed E-state index contributed by atoms with van der Waals surface area (Å²) >= 11 is 0. The number of aryl methyl sites for hydroxylation is 1. The fraction of sp³-hybridized carbons (Fsp3) is 0.400. The third-order valence-corrected chi connectivity index (χ3v) is 3.63. The fourth-order valence-corrected chi connectivity index (χ4v) is 2.51.